The third-order valence-electron chi connectivity index (χ3n) is 6.25. The number of hydrogen-bond acceptors (Lipinski definition) is 4. The number of ether oxygens (including phenoxy) is 1. The molecule has 0 saturated carbocycles. The number of furan rings is 1. The summed E-state index contributed by atoms with van der Waals surface area (Å²) in [6, 6.07) is 21.8. The molecule has 35 heavy (non-hydrogen) atoms. The second kappa shape index (κ2) is 9.62. The van der Waals surface area contributed by atoms with Crippen LogP contribution in [0.3, 0.4) is 0 Å². The largest absolute Gasteiger partial charge is 0.486 e. The summed E-state index contributed by atoms with van der Waals surface area (Å²) in [7, 11) is 0. The van der Waals surface area contributed by atoms with Crippen LogP contribution >= 0.6 is 0 Å². The fraction of sp³-hybridized carbons (Fsp3) is 0.214. The molecule has 0 unspecified atom stereocenters. The van der Waals surface area contributed by atoms with Crippen LogP contribution in [0.2, 0.25) is 0 Å². The molecular weight excluding hydrogens is 447 g/mol. The minimum atomic E-state index is -0.400. The summed E-state index contributed by atoms with van der Waals surface area (Å²) in [5.41, 5.74) is 0.812. The van der Waals surface area contributed by atoms with Crippen LogP contribution in [0.5, 0.6) is 5.75 Å². The summed E-state index contributed by atoms with van der Waals surface area (Å²) >= 11 is 0. The van der Waals surface area contributed by atoms with Crippen LogP contribution in [-0.2, 0) is 6.61 Å². The fourth-order valence-electron chi connectivity index (χ4n) is 4.16. The van der Waals surface area contributed by atoms with Crippen LogP contribution < -0.4 is 4.74 Å². The van der Waals surface area contributed by atoms with E-state index in [0.717, 1.165) is 16.5 Å². The van der Waals surface area contributed by atoms with E-state index in [0.29, 0.717) is 43.1 Å². The summed E-state index contributed by atoms with van der Waals surface area (Å²) in [6.45, 7) is 3.37. The Kier molecular flexibility index (Phi) is 6.23. The van der Waals surface area contributed by atoms with E-state index in [9.17, 15) is 14.0 Å². The monoisotopic (exact) mass is 472 g/mol. The molecule has 0 radical (unpaired) electrons. The SMILES string of the molecule is Cc1ccc(C(=O)N2CCN(C(=O)c3ccc(COc4ccc5ccccc5c4)o3)CC2)cc1F. The first kappa shape index (κ1) is 22.7. The molecule has 1 aliphatic rings. The summed E-state index contributed by atoms with van der Waals surface area (Å²) in [5.74, 6) is 0.655. The number of rotatable bonds is 5. The molecule has 1 aromatic heterocycles. The van der Waals surface area contributed by atoms with E-state index in [1.807, 2.05) is 42.5 Å². The van der Waals surface area contributed by atoms with Gasteiger partial charge in [-0.15, -0.1) is 0 Å². The highest BCUT2D eigenvalue weighted by Crippen LogP contribution is 2.22. The van der Waals surface area contributed by atoms with Crippen LogP contribution in [0.4, 0.5) is 4.39 Å². The first-order valence-electron chi connectivity index (χ1n) is 11.5. The Hall–Kier alpha value is -4.13. The van der Waals surface area contributed by atoms with E-state index in [2.05, 4.69) is 0 Å². The second-order valence-electron chi connectivity index (χ2n) is 8.61. The Morgan fingerprint density at radius 2 is 1.57 bits per heavy atom. The molecule has 0 bridgehead atoms. The third kappa shape index (κ3) is 4.89. The van der Waals surface area contributed by atoms with Gasteiger partial charge in [-0.05, 0) is 59.7 Å². The summed E-state index contributed by atoms with van der Waals surface area (Å²) in [4.78, 5) is 28.9. The van der Waals surface area contributed by atoms with E-state index in [4.69, 9.17) is 9.15 Å². The quantitative estimate of drug-likeness (QED) is 0.408. The maximum Gasteiger partial charge on any atom is 0.289 e. The number of carbonyl (C=O) groups is 2. The van der Waals surface area contributed by atoms with Crippen molar-refractivity contribution in [1.82, 2.24) is 9.80 Å². The van der Waals surface area contributed by atoms with Gasteiger partial charge >= 0.3 is 0 Å². The lowest BCUT2D eigenvalue weighted by Gasteiger charge is -2.34. The lowest BCUT2D eigenvalue weighted by Crippen LogP contribution is -2.50. The molecule has 1 saturated heterocycles. The maximum atomic E-state index is 13.8. The Labute approximate surface area is 202 Å². The Balaban J connectivity index is 1.16. The Bertz CT molecular complexity index is 1390. The van der Waals surface area contributed by atoms with Crippen molar-refractivity contribution in [2.45, 2.75) is 13.5 Å². The molecule has 0 atom stereocenters. The smallest absolute Gasteiger partial charge is 0.289 e. The molecule has 0 aliphatic carbocycles. The van der Waals surface area contributed by atoms with Crippen LogP contribution in [0.25, 0.3) is 10.8 Å². The molecule has 178 valence electrons. The van der Waals surface area contributed by atoms with Gasteiger partial charge in [-0.2, -0.15) is 0 Å². The number of aryl methyl sites for hydroxylation is 1. The predicted molar refractivity (Wildman–Crippen MR) is 130 cm³/mol. The lowest BCUT2D eigenvalue weighted by molar-refractivity contribution is 0.0516. The van der Waals surface area contributed by atoms with Crippen molar-refractivity contribution in [1.29, 1.82) is 0 Å². The van der Waals surface area contributed by atoms with Crippen LogP contribution in [0.15, 0.2) is 77.2 Å². The van der Waals surface area contributed by atoms with E-state index < -0.39 is 5.82 Å². The summed E-state index contributed by atoms with van der Waals surface area (Å²) in [5, 5.41) is 2.23. The number of hydrogen-bond donors (Lipinski definition) is 0. The molecule has 2 amide bonds. The van der Waals surface area contributed by atoms with E-state index in [1.54, 1.807) is 41.0 Å². The minimum absolute atomic E-state index is 0.209. The summed E-state index contributed by atoms with van der Waals surface area (Å²) in [6.07, 6.45) is 0. The first-order chi connectivity index (χ1) is 17.0. The standard InChI is InChI=1S/C28H25FN2O4/c1-19-6-7-22(17-25(19)29)27(32)30-12-14-31(15-13-30)28(33)26-11-10-24(35-26)18-34-23-9-8-20-4-2-3-5-21(20)16-23/h2-11,16-17H,12-15,18H2,1H3. The summed E-state index contributed by atoms with van der Waals surface area (Å²) < 4.78 is 25.4. The molecule has 6 nitrogen and oxygen atoms in total. The second-order valence-corrected chi connectivity index (χ2v) is 8.61. The molecule has 3 aromatic carbocycles. The number of halogens is 1. The molecular formula is C28H25FN2O4. The van der Waals surface area contributed by atoms with Gasteiger partial charge in [0.25, 0.3) is 11.8 Å². The van der Waals surface area contributed by atoms with Crippen molar-refractivity contribution in [2.24, 2.45) is 0 Å². The number of amides is 2. The first-order valence-corrected chi connectivity index (χ1v) is 11.5. The zero-order valence-electron chi connectivity index (χ0n) is 19.4. The number of benzene rings is 3. The van der Waals surface area contributed by atoms with Crippen LogP contribution in [0, 0.1) is 12.7 Å². The van der Waals surface area contributed by atoms with Crippen molar-refractivity contribution < 1.29 is 23.1 Å². The Morgan fingerprint density at radius 1 is 0.857 bits per heavy atom. The van der Waals surface area contributed by atoms with Crippen molar-refractivity contribution in [3.05, 3.63) is 101 Å². The average Bonchev–Trinajstić information content (AvgIpc) is 3.37. The molecule has 7 heteroatoms. The highest BCUT2D eigenvalue weighted by atomic mass is 19.1. The fourth-order valence-corrected chi connectivity index (χ4v) is 4.16. The molecule has 1 aliphatic heterocycles. The van der Waals surface area contributed by atoms with Gasteiger partial charge in [-0.1, -0.05) is 36.4 Å². The van der Waals surface area contributed by atoms with Gasteiger partial charge in [0.15, 0.2) is 5.76 Å². The lowest BCUT2D eigenvalue weighted by atomic mass is 10.1. The van der Waals surface area contributed by atoms with Crippen molar-refractivity contribution in [3.63, 3.8) is 0 Å². The van der Waals surface area contributed by atoms with Crippen molar-refractivity contribution in [3.8, 4) is 5.75 Å². The molecule has 0 N–H and O–H groups in total. The molecule has 1 fully saturated rings. The van der Waals surface area contributed by atoms with Gasteiger partial charge < -0.3 is 19.0 Å². The zero-order chi connectivity index (χ0) is 24.4. The number of nitrogens with zero attached hydrogens (tertiary/aromatic N) is 2. The third-order valence-corrected chi connectivity index (χ3v) is 6.25. The van der Waals surface area contributed by atoms with Gasteiger partial charge in [-0.3, -0.25) is 9.59 Å². The van der Waals surface area contributed by atoms with Crippen molar-refractivity contribution in [2.75, 3.05) is 26.2 Å². The molecule has 2 heterocycles. The number of fused-ring (bicyclic) bond motifs is 1. The molecule has 4 aromatic rings. The van der Waals surface area contributed by atoms with Gasteiger partial charge in [0.2, 0.25) is 0 Å². The highest BCUT2D eigenvalue weighted by molar-refractivity contribution is 5.95. The van der Waals surface area contributed by atoms with E-state index >= 15 is 0 Å². The van der Waals surface area contributed by atoms with Gasteiger partial charge in [0.05, 0.1) is 0 Å². The van der Waals surface area contributed by atoms with Gasteiger partial charge in [-0.25, -0.2) is 4.39 Å². The average molecular weight is 473 g/mol. The topological polar surface area (TPSA) is 63.0 Å². The van der Waals surface area contributed by atoms with E-state index in [-0.39, 0.29) is 24.2 Å². The maximum absolute atomic E-state index is 13.8. The van der Waals surface area contributed by atoms with Crippen molar-refractivity contribution >= 4 is 22.6 Å². The van der Waals surface area contributed by atoms with Crippen LogP contribution in [0.1, 0.15) is 32.2 Å². The minimum Gasteiger partial charge on any atom is -0.486 e. The normalized spacial score (nSPS) is 13.8. The highest BCUT2D eigenvalue weighted by Gasteiger charge is 2.27. The van der Waals surface area contributed by atoms with Gasteiger partial charge in [0.1, 0.15) is 23.9 Å². The van der Waals surface area contributed by atoms with Crippen LogP contribution in [-0.4, -0.2) is 47.8 Å². The number of carbonyl (C=O) groups excluding carboxylic acids is 2. The Morgan fingerprint density at radius 3 is 2.31 bits per heavy atom. The number of piperazine rings is 1. The molecule has 5 rings (SSSR count). The molecule has 0 spiro atoms. The van der Waals surface area contributed by atoms with E-state index in [1.165, 1.54) is 6.07 Å². The predicted octanol–water partition coefficient (Wildman–Crippen LogP) is 5.06. The zero-order valence-corrected chi connectivity index (χ0v) is 19.4. The van der Waals surface area contributed by atoms with Gasteiger partial charge in [0, 0.05) is 31.7 Å².